The van der Waals surface area contributed by atoms with Gasteiger partial charge in [-0.15, -0.1) is 11.6 Å². The first-order valence-corrected chi connectivity index (χ1v) is 9.85. The zero-order chi connectivity index (χ0) is 18.0. The van der Waals surface area contributed by atoms with E-state index in [1.54, 1.807) is 0 Å². The lowest BCUT2D eigenvalue weighted by Crippen LogP contribution is -2.28. The fraction of sp³-hybridized carbons (Fsp3) is 0.571. The molecule has 2 fully saturated rings. The van der Waals surface area contributed by atoms with Crippen LogP contribution in [0.4, 0.5) is 5.82 Å². The van der Waals surface area contributed by atoms with E-state index in [0.29, 0.717) is 11.8 Å². The number of ether oxygens (including phenoxy) is 1. The van der Waals surface area contributed by atoms with Crippen LogP contribution >= 0.6 is 11.6 Å². The minimum absolute atomic E-state index is 0.0614. The smallest absolute Gasteiger partial charge is 0.133 e. The average Bonchev–Trinajstić information content (AvgIpc) is 3.20. The second kappa shape index (κ2) is 7.51. The van der Waals surface area contributed by atoms with Crippen molar-refractivity contribution in [2.24, 2.45) is 5.92 Å². The van der Waals surface area contributed by atoms with Gasteiger partial charge in [0.1, 0.15) is 5.82 Å². The fourth-order valence-electron chi connectivity index (χ4n) is 4.16. The van der Waals surface area contributed by atoms with E-state index in [2.05, 4.69) is 56.9 Å². The molecule has 0 amide bonds. The number of aryl methyl sites for hydroxylation is 1. The van der Waals surface area contributed by atoms with Gasteiger partial charge in [-0.05, 0) is 56.0 Å². The van der Waals surface area contributed by atoms with Crippen LogP contribution in [-0.4, -0.2) is 30.6 Å². The van der Waals surface area contributed by atoms with Crippen molar-refractivity contribution < 1.29 is 4.74 Å². The molecule has 0 aliphatic carbocycles. The normalized spacial score (nSPS) is 30.0. The molecular formula is C21H29ClN2O. The Morgan fingerprint density at radius 1 is 1.44 bits per heavy atom. The number of anilines is 1. The summed E-state index contributed by atoms with van der Waals surface area (Å²) in [6.07, 6.45) is 6.43. The lowest BCUT2D eigenvalue weighted by atomic mass is 9.80. The summed E-state index contributed by atoms with van der Waals surface area (Å²) in [5.74, 6) is 2.04. The predicted octanol–water partition coefficient (Wildman–Crippen LogP) is 4.98. The van der Waals surface area contributed by atoms with Crippen LogP contribution in [-0.2, 0) is 10.2 Å². The number of nitrogens with zero attached hydrogens (tertiary/aromatic N) is 2. The largest absolute Gasteiger partial charge is 0.380 e. The number of pyridine rings is 1. The number of allylic oxidation sites excluding steroid dienone is 3. The van der Waals surface area contributed by atoms with Crippen LogP contribution in [0.15, 0.2) is 35.6 Å². The van der Waals surface area contributed by atoms with Crippen LogP contribution in [0.2, 0.25) is 0 Å². The topological polar surface area (TPSA) is 25.4 Å². The Morgan fingerprint density at radius 3 is 2.84 bits per heavy atom. The van der Waals surface area contributed by atoms with Crippen molar-refractivity contribution in [3.63, 3.8) is 0 Å². The van der Waals surface area contributed by atoms with Gasteiger partial charge >= 0.3 is 0 Å². The van der Waals surface area contributed by atoms with Gasteiger partial charge in [0.05, 0.1) is 12.3 Å². The molecular weight excluding hydrogens is 332 g/mol. The van der Waals surface area contributed by atoms with Gasteiger partial charge in [0, 0.05) is 36.1 Å². The predicted molar refractivity (Wildman–Crippen MR) is 105 cm³/mol. The van der Waals surface area contributed by atoms with Crippen molar-refractivity contribution in [2.75, 3.05) is 30.5 Å². The summed E-state index contributed by atoms with van der Waals surface area (Å²) in [5.41, 5.74) is 5.06. The maximum atomic E-state index is 6.05. The Morgan fingerprint density at radius 2 is 2.24 bits per heavy atom. The minimum Gasteiger partial charge on any atom is -0.380 e. The molecule has 25 heavy (non-hydrogen) atoms. The van der Waals surface area contributed by atoms with E-state index in [9.17, 15) is 0 Å². The van der Waals surface area contributed by atoms with Crippen molar-refractivity contribution in [1.29, 1.82) is 0 Å². The Balaban J connectivity index is 2.04. The van der Waals surface area contributed by atoms with Gasteiger partial charge in [0.2, 0.25) is 0 Å². The highest BCUT2D eigenvalue weighted by molar-refractivity contribution is 6.19. The van der Waals surface area contributed by atoms with Crippen LogP contribution in [0.25, 0.3) is 0 Å². The van der Waals surface area contributed by atoms with E-state index >= 15 is 0 Å². The van der Waals surface area contributed by atoms with Crippen LogP contribution < -0.4 is 4.90 Å². The first kappa shape index (κ1) is 18.5. The number of hydrogen-bond donors (Lipinski definition) is 0. The van der Waals surface area contributed by atoms with Gasteiger partial charge in [-0.25, -0.2) is 4.98 Å². The lowest BCUT2D eigenvalue weighted by Gasteiger charge is -2.28. The van der Waals surface area contributed by atoms with E-state index in [0.717, 1.165) is 38.4 Å². The lowest BCUT2D eigenvalue weighted by molar-refractivity contribution is 0.174. The molecule has 3 nitrogen and oxygen atoms in total. The van der Waals surface area contributed by atoms with Crippen molar-refractivity contribution >= 4 is 17.4 Å². The molecule has 3 heterocycles. The molecule has 0 N–H and O–H groups in total. The van der Waals surface area contributed by atoms with E-state index in [4.69, 9.17) is 21.3 Å². The van der Waals surface area contributed by atoms with Crippen LogP contribution in [0.1, 0.15) is 44.9 Å². The first-order valence-electron chi connectivity index (χ1n) is 9.31. The second-order valence-corrected chi connectivity index (χ2v) is 7.63. The molecule has 0 bridgehead atoms. The van der Waals surface area contributed by atoms with E-state index in [-0.39, 0.29) is 5.41 Å². The van der Waals surface area contributed by atoms with Crippen molar-refractivity contribution in [1.82, 2.24) is 4.98 Å². The number of hydrogen-bond acceptors (Lipinski definition) is 3. The summed E-state index contributed by atoms with van der Waals surface area (Å²) in [7, 11) is 0. The average molecular weight is 361 g/mol. The van der Waals surface area contributed by atoms with Gasteiger partial charge in [0.25, 0.3) is 0 Å². The Hall–Kier alpha value is -1.32. The highest BCUT2D eigenvalue weighted by Gasteiger charge is 2.37. The maximum Gasteiger partial charge on any atom is 0.133 e. The standard InChI is InChI=1S/C21H29ClN2O/c1-5-17-16(4)13-24(18(17)7-9-22)20-12-15(3)11-19(23-20)21(6-2)8-10-25-14-21/h5,7,11-12,16H,6,8-10,13-14H2,1-4H3/b17-5?,18-7+. The molecule has 2 atom stereocenters. The van der Waals surface area contributed by atoms with Crippen molar-refractivity contribution in [3.05, 3.63) is 46.8 Å². The van der Waals surface area contributed by atoms with Gasteiger partial charge in [-0.3, -0.25) is 0 Å². The van der Waals surface area contributed by atoms with Gasteiger partial charge in [-0.2, -0.15) is 0 Å². The zero-order valence-electron chi connectivity index (χ0n) is 15.8. The highest BCUT2D eigenvalue weighted by Crippen LogP contribution is 2.39. The maximum absolute atomic E-state index is 6.05. The molecule has 1 aromatic rings. The van der Waals surface area contributed by atoms with Gasteiger partial charge in [0.15, 0.2) is 0 Å². The van der Waals surface area contributed by atoms with Crippen LogP contribution in [0, 0.1) is 12.8 Å². The van der Waals surface area contributed by atoms with E-state index < -0.39 is 0 Å². The Labute approximate surface area is 156 Å². The van der Waals surface area contributed by atoms with Crippen LogP contribution in [0.3, 0.4) is 0 Å². The summed E-state index contributed by atoms with van der Waals surface area (Å²) < 4.78 is 5.73. The third-order valence-corrected chi connectivity index (χ3v) is 5.87. The molecule has 2 aliphatic rings. The number of aromatic nitrogens is 1. The molecule has 0 radical (unpaired) electrons. The molecule has 0 aromatic carbocycles. The quantitative estimate of drug-likeness (QED) is 0.708. The molecule has 2 aliphatic heterocycles. The summed E-state index contributed by atoms with van der Waals surface area (Å²) in [5, 5.41) is 0. The molecule has 2 saturated heterocycles. The summed E-state index contributed by atoms with van der Waals surface area (Å²) >= 11 is 6.05. The summed E-state index contributed by atoms with van der Waals surface area (Å²) in [6.45, 7) is 11.3. The molecule has 3 rings (SSSR count). The SMILES string of the molecule is CC=C1/C(=C\CCl)N(c2cc(C)cc(C3(CC)CCOC3)n2)CC1C. The highest BCUT2D eigenvalue weighted by atomic mass is 35.5. The fourth-order valence-corrected chi connectivity index (χ4v) is 4.30. The van der Waals surface area contributed by atoms with E-state index in [1.807, 2.05) is 0 Å². The van der Waals surface area contributed by atoms with Crippen molar-refractivity contribution in [2.45, 2.75) is 46.0 Å². The molecule has 0 spiro atoms. The molecule has 2 unspecified atom stereocenters. The van der Waals surface area contributed by atoms with Crippen LogP contribution in [0.5, 0.6) is 0 Å². The number of halogens is 1. The number of alkyl halides is 1. The monoisotopic (exact) mass is 360 g/mol. The number of rotatable bonds is 4. The molecule has 1 aromatic heterocycles. The second-order valence-electron chi connectivity index (χ2n) is 7.32. The molecule has 136 valence electrons. The van der Waals surface area contributed by atoms with Gasteiger partial charge < -0.3 is 9.64 Å². The Bertz CT molecular complexity index is 689. The molecule has 4 heteroatoms. The third kappa shape index (κ3) is 3.37. The van der Waals surface area contributed by atoms with Crippen molar-refractivity contribution in [3.8, 4) is 0 Å². The zero-order valence-corrected chi connectivity index (χ0v) is 16.6. The summed E-state index contributed by atoms with van der Waals surface area (Å²) in [6, 6.07) is 4.43. The van der Waals surface area contributed by atoms with E-state index in [1.165, 1.54) is 22.5 Å². The molecule has 0 saturated carbocycles. The summed E-state index contributed by atoms with van der Waals surface area (Å²) in [4.78, 5) is 7.44. The third-order valence-electron chi connectivity index (χ3n) is 5.71. The van der Waals surface area contributed by atoms with Gasteiger partial charge in [-0.1, -0.05) is 19.9 Å². The Kier molecular flexibility index (Phi) is 5.55. The minimum atomic E-state index is 0.0614. The first-order chi connectivity index (χ1) is 12.0.